The molecule has 1 heterocycles. The number of amides is 1. The van der Waals surface area contributed by atoms with Crippen LogP contribution in [0.4, 0.5) is 0 Å². The summed E-state index contributed by atoms with van der Waals surface area (Å²) in [5, 5.41) is 3.13. The van der Waals surface area contributed by atoms with E-state index in [0.29, 0.717) is 17.5 Å². The zero-order valence-corrected chi connectivity index (χ0v) is 10.6. The molecule has 2 rings (SSSR count). The normalized spacial score (nSPS) is 40.7. The maximum atomic E-state index is 11.9. The van der Waals surface area contributed by atoms with Gasteiger partial charge < -0.3 is 10.1 Å². The Morgan fingerprint density at radius 3 is 2.80 bits per heavy atom. The summed E-state index contributed by atoms with van der Waals surface area (Å²) in [5.74, 6) is 0.246. The predicted octanol–water partition coefficient (Wildman–Crippen LogP) is 1.84. The number of rotatable bonds is 2. The van der Waals surface area contributed by atoms with Gasteiger partial charge in [0, 0.05) is 10.9 Å². The Balaban J connectivity index is 1.81. The van der Waals surface area contributed by atoms with Crippen LogP contribution in [0.3, 0.4) is 0 Å². The van der Waals surface area contributed by atoms with E-state index in [4.69, 9.17) is 4.74 Å². The van der Waals surface area contributed by atoms with Crippen molar-refractivity contribution in [2.45, 2.75) is 49.6 Å². The molecule has 0 aromatic rings. The third-order valence-corrected chi connectivity index (χ3v) is 4.42. The van der Waals surface area contributed by atoms with Crippen LogP contribution in [0, 0.1) is 5.92 Å². The molecule has 1 saturated heterocycles. The molecule has 1 amide bonds. The van der Waals surface area contributed by atoms with Gasteiger partial charge in [-0.3, -0.25) is 4.79 Å². The molecule has 0 spiro atoms. The molecular formula is C11H18BrNO2. The molecule has 0 aromatic heterocycles. The maximum Gasteiger partial charge on any atom is 0.225 e. The van der Waals surface area contributed by atoms with Crippen LogP contribution in [0.1, 0.15) is 32.6 Å². The molecule has 4 atom stereocenters. The summed E-state index contributed by atoms with van der Waals surface area (Å²) in [6.45, 7) is 2.61. The predicted molar refractivity (Wildman–Crippen MR) is 62.0 cm³/mol. The van der Waals surface area contributed by atoms with Gasteiger partial charge in [0.2, 0.25) is 5.91 Å². The Morgan fingerprint density at radius 1 is 1.47 bits per heavy atom. The number of carbonyl (C=O) groups is 1. The third-order valence-electron chi connectivity index (χ3n) is 3.33. The van der Waals surface area contributed by atoms with Gasteiger partial charge in [-0.05, 0) is 26.2 Å². The van der Waals surface area contributed by atoms with Crippen LogP contribution < -0.4 is 5.32 Å². The second-order valence-electron chi connectivity index (χ2n) is 4.64. The van der Waals surface area contributed by atoms with Crippen molar-refractivity contribution in [3.8, 4) is 0 Å². The van der Waals surface area contributed by atoms with Crippen molar-refractivity contribution >= 4 is 21.8 Å². The summed E-state index contributed by atoms with van der Waals surface area (Å²) in [5.41, 5.74) is 0. The van der Waals surface area contributed by atoms with E-state index in [1.54, 1.807) is 0 Å². The van der Waals surface area contributed by atoms with E-state index >= 15 is 0 Å². The number of alkyl halides is 1. The van der Waals surface area contributed by atoms with E-state index in [2.05, 4.69) is 21.2 Å². The molecule has 2 aliphatic rings. The van der Waals surface area contributed by atoms with Crippen molar-refractivity contribution in [1.29, 1.82) is 0 Å². The Bertz CT molecular complexity index is 247. The van der Waals surface area contributed by atoms with E-state index in [9.17, 15) is 4.79 Å². The van der Waals surface area contributed by atoms with Crippen LogP contribution in [0.15, 0.2) is 0 Å². The van der Waals surface area contributed by atoms with Gasteiger partial charge in [-0.15, -0.1) is 0 Å². The second kappa shape index (κ2) is 4.83. The molecule has 86 valence electrons. The number of hydrogen-bond donors (Lipinski definition) is 1. The van der Waals surface area contributed by atoms with Gasteiger partial charge >= 0.3 is 0 Å². The molecular weight excluding hydrogens is 258 g/mol. The fourth-order valence-corrected chi connectivity index (χ4v) is 3.10. The smallest absolute Gasteiger partial charge is 0.225 e. The zero-order valence-electron chi connectivity index (χ0n) is 9.04. The van der Waals surface area contributed by atoms with E-state index in [0.717, 1.165) is 12.8 Å². The molecule has 15 heavy (non-hydrogen) atoms. The van der Waals surface area contributed by atoms with E-state index in [1.807, 2.05) is 6.92 Å². The first-order chi connectivity index (χ1) is 7.16. The van der Waals surface area contributed by atoms with Gasteiger partial charge in [0.15, 0.2) is 0 Å². The Kier molecular flexibility index (Phi) is 3.67. The molecule has 4 heteroatoms. The molecule has 2 fully saturated rings. The molecule has 1 N–H and O–H groups in total. The van der Waals surface area contributed by atoms with Gasteiger partial charge in [0.25, 0.3) is 0 Å². The van der Waals surface area contributed by atoms with Crippen LogP contribution >= 0.6 is 15.9 Å². The first-order valence-electron chi connectivity index (χ1n) is 5.73. The molecule has 4 unspecified atom stereocenters. The Labute approximate surface area is 99.1 Å². The molecule has 0 radical (unpaired) electrons. The lowest BCUT2D eigenvalue weighted by Crippen LogP contribution is -2.41. The zero-order chi connectivity index (χ0) is 10.8. The van der Waals surface area contributed by atoms with Gasteiger partial charge in [-0.25, -0.2) is 0 Å². The lowest BCUT2D eigenvalue weighted by molar-refractivity contribution is -0.125. The van der Waals surface area contributed by atoms with Crippen LogP contribution in [0.25, 0.3) is 0 Å². The summed E-state index contributed by atoms with van der Waals surface area (Å²) in [4.78, 5) is 12.3. The number of carbonyl (C=O) groups excluding carboxylic acids is 1. The summed E-state index contributed by atoms with van der Waals surface area (Å²) in [7, 11) is 0. The van der Waals surface area contributed by atoms with Crippen molar-refractivity contribution in [2.24, 2.45) is 5.92 Å². The van der Waals surface area contributed by atoms with Gasteiger partial charge in [0.1, 0.15) is 0 Å². The first kappa shape index (κ1) is 11.4. The topological polar surface area (TPSA) is 38.3 Å². The Hall–Kier alpha value is -0.0900. The van der Waals surface area contributed by atoms with Gasteiger partial charge in [0.05, 0.1) is 18.6 Å². The number of hydrogen-bond acceptors (Lipinski definition) is 2. The molecule has 3 nitrogen and oxygen atoms in total. The first-order valence-corrected chi connectivity index (χ1v) is 6.64. The van der Waals surface area contributed by atoms with Crippen molar-refractivity contribution in [2.75, 3.05) is 6.61 Å². The fourth-order valence-electron chi connectivity index (χ4n) is 2.38. The molecule has 1 saturated carbocycles. The molecule has 0 aromatic carbocycles. The van der Waals surface area contributed by atoms with Gasteiger partial charge in [-0.1, -0.05) is 22.4 Å². The quantitative estimate of drug-likeness (QED) is 0.782. The Morgan fingerprint density at radius 2 is 2.27 bits per heavy atom. The summed E-state index contributed by atoms with van der Waals surface area (Å²) >= 11 is 3.61. The summed E-state index contributed by atoms with van der Waals surface area (Å²) in [6, 6.07) is 0.327. The lowest BCUT2D eigenvalue weighted by atomic mass is 10.0. The van der Waals surface area contributed by atoms with E-state index in [1.165, 1.54) is 12.8 Å². The fraction of sp³-hybridized carbons (Fsp3) is 0.909. The molecule has 0 bridgehead atoms. The minimum Gasteiger partial charge on any atom is -0.378 e. The standard InChI is InChI=1S/C11H18BrNO2/c1-7-5-8(6-15-7)11(14)13-10-4-2-3-9(10)12/h7-10H,2-6H2,1H3,(H,13,14). The van der Waals surface area contributed by atoms with Crippen molar-refractivity contribution in [3.63, 3.8) is 0 Å². The minimum atomic E-state index is 0.0697. The molecule has 1 aliphatic carbocycles. The third kappa shape index (κ3) is 2.72. The van der Waals surface area contributed by atoms with Crippen LogP contribution in [-0.2, 0) is 9.53 Å². The van der Waals surface area contributed by atoms with Crippen LogP contribution in [-0.4, -0.2) is 29.5 Å². The highest BCUT2D eigenvalue weighted by molar-refractivity contribution is 9.09. The maximum absolute atomic E-state index is 11.9. The van der Waals surface area contributed by atoms with Crippen molar-refractivity contribution in [1.82, 2.24) is 5.32 Å². The SMILES string of the molecule is CC1CC(C(=O)NC2CCCC2Br)CO1. The van der Waals surface area contributed by atoms with Gasteiger partial charge in [-0.2, -0.15) is 0 Å². The largest absolute Gasteiger partial charge is 0.378 e. The highest BCUT2D eigenvalue weighted by Gasteiger charge is 2.32. The number of ether oxygens (including phenoxy) is 1. The average molecular weight is 276 g/mol. The van der Waals surface area contributed by atoms with E-state index in [-0.39, 0.29) is 17.9 Å². The minimum absolute atomic E-state index is 0.0697. The van der Waals surface area contributed by atoms with Crippen molar-refractivity contribution in [3.05, 3.63) is 0 Å². The number of nitrogens with one attached hydrogen (secondary N) is 1. The molecule has 1 aliphatic heterocycles. The highest BCUT2D eigenvalue weighted by Crippen LogP contribution is 2.26. The number of halogens is 1. The average Bonchev–Trinajstić information content (AvgIpc) is 2.77. The lowest BCUT2D eigenvalue weighted by Gasteiger charge is -2.18. The second-order valence-corrected chi connectivity index (χ2v) is 5.81. The van der Waals surface area contributed by atoms with Crippen LogP contribution in [0.2, 0.25) is 0 Å². The van der Waals surface area contributed by atoms with Crippen LogP contribution in [0.5, 0.6) is 0 Å². The summed E-state index contributed by atoms with van der Waals surface area (Å²) < 4.78 is 5.41. The van der Waals surface area contributed by atoms with E-state index < -0.39 is 0 Å². The monoisotopic (exact) mass is 275 g/mol. The van der Waals surface area contributed by atoms with Crippen molar-refractivity contribution < 1.29 is 9.53 Å². The highest BCUT2D eigenvalue weighted by atomic mass is 79.9. The summed E-state index contributed by atoms with van der Waals surface area (Å²) in [6.07, 6.45) is 4.58.